The van der Waals surface area contributed by atoms with Gasteiger partial charge in [-0.2, -0.15) is 5.10 Å². The smallest absolute Gasteiger partial charge is 0.240 e. The average molecular weight is 436 g/mol. The van der Waals surface area contributed by atoms with Gasteiger partial charge >= 0.3 is 0 Å². The number of halogens is 1. The number of carbonyl (C=O) groups is 1. The lowest BCUT2D eigenvalue weighted by Crippen LogP contribution is -2.33. The van der Waals surface area contributed by atoms with Gasteiger partial charge in [-0.1, -0.05) is 48.0 Å². The van der Waals surface area contributed by atoms with E-state index in [9.17, 15) is 4.79 Å². The van der Waals surface area contributed by atoms with Gasteiger partial charge in [0, 0.05) is 16.8 Å². The molecule has 0 aliphatic carbocycles. The maximum absolute atomic E-state index is 13.0. The second kappa shape index (κ2) is 9.02. The van der Waals surface area contributed by atoms with Gasteiger partial charge in [0.1, 0.15) is 6.54 Å². The summed E-state index contributed by atoms with van der Waals surface area (Å²) in [7, 11) is 0. The molecule has 1 atom stereocenters. The Labute approximate surface area is 183 Å². The number of benzene rings is 2. The summed E-state index contributed by atoms with van der Waals surface area (Å²) in [6, 6.07) is 22.2. The molecule has 2 N–H and O–H groups in total. The van der Waals surface area contributed by atoms with Gasteiger partial charge in [0.15, 0.2) is 10.6 Å². The number of hydrogen-bond acceptors (Lipinski definition) is 4. The largest absolute Gasteiger partial charge is 0.342 e. The van der Waals surface area contributed by atoms with Crippen LogP contribution in [0.15, 0.2) is 79.0 Å². The summed E-state index contributed by atoms with van der Waals surface area (Å²) in [5.74, 6) is 0.364. The van der Waals surface area contributed by atoms with Crippen molar-refractivity contribution in [2.45, 2.75) is 12.6 Å². The molecule has 1 amide bonds. The Hall–Kier alpha value is -3.29. The van der Waals surface area contributed by atoms with Crippen molar-refractivity contribution in [1.82, 2.24) is 25.1 Å². The Balaban J connectivity index is 1.60. The van der Waals surface area contributed by atoms with E-state index >= 15 is 0 Å². The van der Waals surface area contributed by atoms with Gasteiger partial charge in [0.2, 0.25) is 5.91 Å². The van der Waals surface area contributed by atoms with E-state index in [4.69, 9.17) is 23.8 Å². The van der Waals surface area contributed by atoms with E-state index in [1.807, 2.05) is 60.7 Å². The number of carbonyl (C=O) groups excluding carboxylic acids is 1. The molecular weight excluding hydrogens is 418 g/mol. The van der Waals surface area contributed by atoms with Crippen molar-refractivity contribution in [2.24, 2.45) is 0 Å². The lowest BCUT2D eigenvalue weighted by atomic mass is 10.0. The number of H-pyrrole nitrogens is 1. The normalized spacial score (nSPS) is 11.8. The van der Waals surface area contributed by atoms with E-state index in [0.717, 1.165) is 16.8 Å². The van der Waals surface area contributed by atoms with Gasteiger partial charge in [0.05, 0.1) is 11.7 Å². The van der Waals surface area contributed by atoms with Crippen molar-refractivity contribution in [2.75, 3.05) is 0 Å². The Kier molecular flexibility index (Phi) is 6.02. The van der Waals surface area contributed by atoms with Crippen molar-refractivity contribution >= 4 is 29.7 Å². The number of rotatable bonds is 6. The maximum atomic E-state index is 13.0. The molecule has 0 saturated heterocycles. The Morgan fingerprint density at radius 1 is 1.07 bits per heavy atom. The predicted octanol–water partition coefficient (Wildman–Crippen LogP) is 4.56. The van der Waals surface area contributed by atoms with Gasteiger partial charge in [-0.05, 0) is 54.2 Å². The fraction of sp³-hybridized carbons (Fsp3) is 0.0909. The molecule has 4 rings (SSSR count). The Bertz CT molecular complexity index is 1150. The highest BCUT2D eigenvalue weighted by atomic mass is 35.5. The van der Waals surface area contributed by atoms with E-state index in [-0.39, 0.29) is 18.5 Å². The summed E-state index contributed by atoms with van der Waals surface area (Å²) in [6.07, 6.45) is 1.71. The van der Waals surface area contributed by atoms with Crippen LogP contribution in [0.3, 0.4) is 0 Å². The minimum Gasteiger partial charge on any atom is -0.342 e. The molecule has 2 aromatic heterocycles. The summed E-state index contributed by atoms with van der Waals surface area (Å²) in [6.45, 7) is 0.0173. The minimum atomic E-state index is -0.375. The third kappa shape index (κ3) is 4.48. The topological polar surface area (TPSA) is 75.6 Å². The van der Waals surface area contributed by atoms with Crippen molar-refractivity contribution in [3.63, 3.8) is 0 Å². The molecule has 0 radical (unpaired) electrons. The second-order valence-electron chi connectivity index (χ2n) is 6.61. The van der Waals surface area contributed by atoms with Crippen LogP contribution in [0, 0.1) is 4.77 Å². The van der Waals surface area contributed by atoms with E-state index < -0.39 is 0 Å². The fourth-order valence-corrected chi connectivity index (χ4v) is 3.48. The second-order valence-corrected chi connectivity index (χ2v) is 7.43. The summed E-state index contributed by atoms with van der Waals surface area (Å²) < 4.78 is 2.03. The Morgan fingerprint density at radius 3 is 2.50 bits per heavy atom. The number of hydrogen-bond donors (Lipinski definition) is 2. The van der Waals surface area contributed by atoms with Crippen molar-refractivity contribution in [1.29, 1.82) is 0 Å². The first kappa shape index (κ1) is 20.0. The molecule has 0 fully saturated rings. The number of nitrogens with one attached hydrogen (secondary N) is 2. The molecule has 0 aliphatic heterocycles. The number of pyridine rings is 1. The van der Waals surface area contributed by atoms with Crippen LogP contribution in [0.2, 0.25) is 5.02 Å². The third-order valence-corrected chi connectivity index (χ3v) is 5.15. The highest BCUT2D eigenvalue weighted by Crippen LogP contribution is 2.22. The van der Waals surface area contributed by atoms with Crippen LogP contribution in [-0.2, 0) is 11.3 Å². The quantitative estimate of drug-likeness (QED) is 0.435. The Morgan fingerprint density at radius 2 is 1.80 bits per heavy atom. The first-order chi connectivity index (χ1) is 14.6. The van der Waals surface area contributed by atoms with Crippen LogP contribution < -0.4 is 5.32 Å². The zero-order chi connectivity index (χ0) is 20.9. The minimum absolute atomic E-state index is 0.0173. The zero-order valence-electron chi connectivity index (χ0n) is 15.8. The predicted molar refractivity (Wildman–Crippen MR) is 119 cm³/mol. The molecule has 0 aliphatic rings. The molecule has 0 bridgehead atoms. The van der Waals surface area contributed by atoms with Crippen LogP contribution in [0.5, 0.6) is 0 Å². The highest BCUT2D eigenvalue weighted by molar-refractivity contribution is 7.71. The van der Waals surface area contributed by atoms with Crippen LogP contribution in [0.4, 0.5) is 0 Å². The standard InChI is InChI=1S/C22H18ClN5OS/c23-17-11-9-16(10-12-17)21-26-27-22(30)28(21)14-19(29)25-20(15-6-2-1-3-7-15)18-8-4-5-13-24-18/h1-13,20H,14H2,(H,25,29)(H,27,30). The summed E-state index contributed by atoms with van der Waals surface area (Å²) in [5.41, 5.74) is 2.51. The van der Waals surface area contributed by atoms with Gasteiger partial charge in [-0.15, -0.1) is 0 Å². The molecule has 2 heterocycles. The molecular formula is C22H18ClN5OS. The maximum Gasteiger partial charge on any atom is 0.240 e. The molecule has 150 valence electrons. The zero-order valence-corrected chi connectivity index (χ0v) is 17.4. The summed E-state index contributed by atoms with van der Waals surface area (Å²) in [5, 5.41) is 10.7. The first-order valence-electron chi connectivity index (χ1n) is 9.28. The van der Waals surface area contributed by atoms with Crippen LogP contribution in [0.25, 0.3) is 11.4 Å². The van der Waals surface area contributed by atoms with Crippen LogP contribution in [-0.4, -0.2) is 25.7 Å². The molecule has 4 aromatic rings. The van der Waals surface area contributed by atoms with Crippen LogP contribution >= 0.6 is 23.8 Å². The van der Waals surface area contributed by atoms with Gasteiger partial charge in [0.25, 0.3) is 0 Å². The number of aromatic nitrogens is 4. The number of aromatic amines is 1. The van der Waals surface area contributed by atoms with Crippen molar-refractivity contribution < 1.29 is 4.79 Å². The lowest BCUT2D eigenvalue weighted by molar-refractivity contribution is -0.122. The van der Waals surface area contributed by atoms with Crippen molar-refractivity contribution in [3.8, 4) is 11.4 Å². The van der Waals surface area contributed by atoms with Crippen LogP contribution in [0.1, 0.15) is 17.3 Å². The highest BCUT2D eigenvalue weighted by Gasteiger charge is 2.19. The SMILES string of the molecule is O=C(Cn1c(-c2ccc(Cl)cc2)n[nH]c1=S)NC(c1ccccc1)c1ccccn1. The van der Waals surface area contributed by atoms with Gasteiger partial charge < -0.3 is 5.32 Å². The summed E-state index contributed by atoms with van der Waals surface area (Å²) >= 11 is 11.3. The van der Waals surface area contributed by atoms with E-state index in [1.165, 1.54) is 0 Å². The molecule has 8 heteroatoms. The third-order valence-electron chi connectivity index (χ3n) is 4.58. The fourth-order valence-electron chi connectivity index (χ4n) is 3.15. The summed E-state index contributed by atoms with van der Waals surface area (Å²) in [4.78, 5) is 17.4. The molecule has 1 unspecified atom stereocenters. The monoisotopic (exact) mass is 435 g/mol. The average Bonchev–Trinajstić information content (AvgIpc) is 3.14. The van der Waals surface area contributed by atoms with E-state index in [0.29, 0.717) is 15.6 Å². The van der Waals surface area contributed by atoms with E-state index in [1.54, 1.807) is 22.9 Å². The van der Waals surface area contributed by atoms with E-state index in [2.05, 4.69) is 20.5 Å². The first-order valence-corrected chi connectivity index (χ1v) is 10.1. The van der Waals surface area contributed by atoms with Crippen molar-refractivity contribution in [3.05, 3.63) is 100 Å². The van der Waals surface area contributed by atoms with Gasteiger partial charge in [-0.3, -0.25) is 19.4 Å². The van der Waals surface area contributed by atoms with Gasteiger partial charge in [-0.25, -0.2) is 0 Å². The molecule has 30 heavy (non-hydrogen) atoms. The number of amides is 1. The molecule has 0 saturated carbocycles. The molecule has 2 aromatic carbocycles. The molecule has 0 spiro atoms. The lowest BCUT2D eigenvalue weighted by Gasteiger charge is -2.19. The molecule has 6 nitrogen and oxygen atoms in total. The number of nitrogens with zero attached hydrogens (tertiary/aromatic N) is 3.